The number of thiophene rings is 1. The summed E-state index contributed by atoms with van der Waals surface area (Å²) in [6.07, 6.45) is 1.97. The molecule has 9 heteroatoms. The fourth-order valence-electron chi connectivity index (χ4n) is 3.03. The van der Waals surface area contributed by atoms with Gasteiger partial charge in [-0.25, -0.2) is 17.2 Å². The molecular weight excluding hydrogens is 382 g/mol. The minimum atomic E-state index is -3.66. The lowest BCUT2D eigenvalue weighted by Gasteiger charge is -2.34. The van der Waals surface area contributed by atoms with Crippen LogP contribution in [-0.2, 0) is 14.8 Å². The van der Waals surface area contributed by atoms with Crippen molar-refractivity contribution in [3.05, 3.63) is 47.3 Å². The van der Waals surface area contributed by atoms with E-state index in [1.807, 2.05) is 0 Å². The minimum absolute atomic E-state index is 0.111. The Morgan fingerprint density at radius 1 is 1.27 bits per heavy atom. The maximum atomic E-state index is 13.7. The van der Waals surface area contributed by atoms with E-state index in [1.54, 1.807) is 11.4 Å². The summed E-state index contributed by atoms with van der Waals surface area (Å²) in [5, 5.41) is 4.02. The van der Waals surface area contributed by atoms with Crippen LogP contribution in [0.3, 0.4) is 0 Å². The maximum absolute atomic E-state index is 13.7. The van der Waals surface area contributed by atoms with E-state index in [4.69, 9.17) is 0 Å². The Kier molecular flexibility index (Phi) is 5.69. The molecule has 0 spiro atoms. The zero-order valence-electron chi connectivity index (χ0n) is 13.8. The average Bonchev–Trinajstić information content (AvgIpc) is 3.14. The number of benzene rings is 1. The van der Waals surface area contributed by atoms with Crippen LogP contribution in [0.2, 0.25) is 0 Å². The van der Waals surface area contributed by atoms with E-state index in [-0.39, 0.29) is 16.3 Å². The van der Waals surface area contributed by atoms with Crippen LogP contribution in [0.4, 0.5) is 14.5 Å². The minimum Gasteiger partial charge on any atom is -0.323 e. The van der Waals surface area contributed by atoms with Crippen LogP contribution < -0.4 is 5.32 Å². The second-order valence-electron chi connectivity index (χ2n) is 6.07. The first kappa shape index (κ1) is 18.9. The highest BCUT2D eigenvalue weighted by molar-refractivity contribution is 7.91. The summed E-state index contributed by atoms with van der Waals surface area (Å²) in [6.45, 7) is 0.340. The van der Waals surface area contributed by atoms with Crippen molar-refractivity contribution in [3.63, 3.8) is 0 Å². The van der Waals surface area contributed by atoms with Crippen LogP contribution in [0.25, 0.3) is 0 Å². The molecule has 2 heterocycles. The summed E-state index contributed by atoms with van der Waals surface area (Å²) in [5.41, 5.74) is -0.251. The van der Waals surface area contributed by atoms with E-state index in [9.17, 15) is 22.0 Å². The number of hydrogen-bond acceptors (Lipinski definition) is 4. The predicted molar refractivity (Wildman–Crippen MR) is 95.5 cm³/mol. The Morgan fingerprint density at radius 3 is 2.81 bits per heavy atom. The number of rotatable bonds is 5. The van der Waals surface area contributed by atoms with E-state index in [0.29, 0.717) is 13.0 Å². The van der Waals surface area contributed by atoms with Gasteiger partial charge in [0.15, 0.2) is 0 Å². The number of halogens is 2. The Morgan fingerprint density at radius 2 is 2.08 bits per heavy atom. The molecule has 1 aromatic carbocycles. The Labute approximate surface area is 154 Å². The molecule has 1 saturated heterocycles. The molecule has 1 aromatic heterocycles. The monoisotopic (exact) mass is 400 g/mol. The van der Waals surface area contributed by atoms with E-state index in [1.165, 1.54) is 10.4 Å². The van der Waals surface area contributed by atoms with Crippen molar-refractivity contribution < 1.29 is 22.0 Å². The molecule has 1 unspecified atom stereocenters. The molecule has 5 nitrogen and oxygen atoms in total. The fourth-order valence-corrected chi connectivity index (χ4v) is 5.84. The molecule has 0 bridgehead atoms. The van der Waals surface area contributed by atoms with Gasteiger partial charge in [0.25, 0.3) is 10.0 Å². The van der Waals surface area contributed by atoms with Crippen LogP contribution in [0.5, 0.6) is 0 Å². The van der Waals surface area contributed by atoms with Crippen molar-refractivity contribution >= 4 is 33.0 Å². The number of nitrogens with one attached hydrogen (secondary N) is 1. The van der Waals surface area contributed by atoms with E-state index >= 15 is 0 Å². The molecule has 1 aliphatic rings. The van der Waals surface area contributed by atoms with Crippen LogP contribution >= 0.6 is 11.3 Å². The number of nitrogens with zero attached hydrogens (tertiary/aromatic N) is 1. The van der Waals surface area contributed by atoms with Gasteiger partial charge in [-0.2, -0.15) is 4.31 Å². The highest BCUT2D eigenvalue weighted by Crippen LogP contribution is 2.29. The molecule has 3 rings (SSSR count). The lowest BCUT2D eigenvalue weighted by molar-refractivity contribution is -0.117. The molecule has 2 aromatic rings. The molecule has 26 heavy (non-hydrogen) atoms. The Balaban J connectivity index is 1.74. The van der Waals surface area contributed by atoms with Gasteiger partial charge in [0, 0.05) is 25.1 Å². The maximum Gasteiger partial charge on any atom is 0.252 e. The highest BCUT2D eigenvalue weighted by atomic mass is 32.2. The van der Waals surface area contributed by atoms with Crippen molar-refractivity contribution in [2.24, 2.45) is 0 Å². The van der Waals surface area contributed by atoms with Crippen molar-refractivity contribution in [3.8, 4) is 0 Å². The second-order valence-corrected chi connectivity index (χ2v) is 9.14. The molecular formula is C17H18F2N2O3S2. The largest absolute Gasteiger partial charge is 0.323 e. The van der Waals surface area contributed by atoms with Gasteiger partial charge in [-0.05, 0) is 36.4 Å². The summed E-state index contributed by atoms with van der Waals surface area (Å²) >= 11 is 1.13. The van der Waals surface area contributed by atoms with Crippen LogP contribution in [-0.4, -0.2) is 31.2 Å². The second kappa shape index (κ2) is 7.81. The summed E-state index contributed by atoms with van der Waals surface area (Å²) in [6, 6.07) is 5.48. The van der Waals surface area contributed by atoms with Gasteiger partial charge in [0.05, 0.1) is 5.69 Å². The molecule has 0 saturated carbocycles. The summed E-state index contributed by atoms with van der Waals surface area (Å²) in [4.78, 5) is 12.3. The third-order valence-corrected chi connectivity index (χ3v) is 7.58. The molecule has 1 fully saturated rings. The molecule has 1 aliphatic heterocycles. The molecule has 140 valence electrons. The summed E-state index contributed by atoms with van der Waals surface area (Å²) in [5.74, 6) is -1.96. The third-order valence-electron chi connectivity index (χ3n) is 4.25. The highest BCUT2D eigenvalue weighted by Gasteiger charge is 2.35. The first-order chi connectivity index (χ1) is 12.4. The third kappa shape index (κ3) is 4.11. The van der Waals surface area contributed by atoms with Gasteiger partial charge in [0.1, 0.15) is 15.8 Å². The average molecular weight is 400 g/mol. The summed E-state index contributed by atoms with van der Waals surface area (Å²) in [7, 11) is -3.66. The summed E-state index contributed by atoms with van der Waals surface area (Å²) < 4.78 is 54.1. The number of carbonyl (C=O) groups is 1. The lowest BCUT2D eigenvalue weighted by atomic mass is 10.0. The molecule has 1 atom stereocenters. The van der Waals surface area contributed by atoms with Gasteiger partial charge in [-0.3, -0.25) is 4.79 Å². The molecule has 0 aliphatic carbocycles. The van der Waals surface area contributed by atoms with Gasteiger partial charge in [-0.15, -0.1) is 11.3 Å². The standard InChI is InChI=1S/C17H18F2N2O3S2/c18-12-6-7-14(19)15(10-12)20-16(22)11-13-4-1-2-8-21(13)26(23,24)17-5-3-9-25-17/h3,5-7,9-10,13H,1-2,4,8,11H2,(H,20,22). The first-order valence-electron chi connectivity index (χ1n) is 8.18. The number of piperidine rings is 1. The fraction of sp³-hybridized carbons (Fsp3) is 0.353. The van der Waals surface area contributed by atoms with Gasteiger partial charge >= 0.3 is 0 Å². The van der Waals surface area contributed by atoms with E-state index < -0.39 is 33.6 Å². The Hall–Kier alpha value is -1.84. The molecule has 0 radical (unpaired) electrons. The normalized spacial score (nSPS) is 18.6. The lowest BCUT2D eigenvalue weighted by Crippen LogP contribution is -2.45. The first-order valence-corrected chi connectivity index (χ1v) is 10.5. The molecule has 1 amide bonds. The van der Waals surface area contributed by atoms with Gasteiger partial charge < -0.3 is 5.32 Å². The zero-order chi connectivity index (χ0) is 18.7. The Bertz CT molecular complexity index is 885. The number of hydrogen-bond donors (Lipinski definition) is 1. The van der Waals surface area contributed by atoms with Crippen molar-refractivity contribution in [2.45, 2.75) is 35.9 Å². The topological polar surface area (TPSA) is 66.5 Å². The predicted octanol–water partition coefficient (Wildman–Crippen LogP) is 3.60. The quantitative estimate of drug-likeness (QED) is 0.834. The van der Waals surface area contributed by atoms with Crippen LogP contribution in [0.15, 0.2) is 39.9 Å². The number of anilines is 1. The van der Waals surface area contributed by atoms with E-state index in [2.05, 4.69) is 5.32 Å². The van der Waals surface area contributed by atoms with Crippen LogP contribution in [0.1, 0.15) is 25.7 Å². The van der Waals surface area contributed by atoms with Gasteiger partial charge in [-0.1, -0.05) is 12.5 Å². The van der Waals surface area contributed by atoms with Crippen LogP contribution in [0, 0.1) is 11.6 Å². The number of sulfonamides is 1. The smallest absolute Gasteiger partial charge is 0.252 e. The zero-order valence-corrected chi connectivity index (χ0v) is 15.5. The van der Waals surface area contributed by atoms with Crippen molar-refractivity contribution in [1.29, 1.82) is 0 Å². The SMILES string of the molecule is O=C(CC1CCCCN1S(=O)(=O)c1cccs1)Nc1cc(F)ccc1F. The molecule has 1 N–H and O–H groups in total. The van der Waals surface area contributed by atoms with E-state index in [0.717, 1.165) is 42.4 Å². The number of amides is 1. The van der Waals surface area contributed by atoms with Crippen molar-refractivity contribution in [1.82, 2.24) is 4.31 Å². The van der Waals surface area contributed by atoms with Gasteiger partial charge in [0.2, 0.25) is 5.91 Å². The van der Waals surface area contributed by atoms with Crippen molar-refractivity contribution in [2.75, 3.05) is 11.9 Å². The number of carbonyl (C=O) groups excluding carboxylic acids is 1.